The van der Waals surface area contributed by atoms with Crippen LogP contribution in [-0.4, -0.2) is 22.5 Å². The first-order valence-corrected chi connectivity index (χ1v) is 12.0. The molecule has 2 unspecified atom stereocenters. The van der Waals surface area contributed by atoms with Gasteiger partial charge in [-0.25, -0.2) is 4.98 Å². The number of hydrogen-bond donors (Lipinski definition) is 1. The monoisotopic (exact) mass is 487 g/mol. The number of amides is 1. The van der Waals surface area contributed by atoms with Crippen molar-refractivity contribution < 1.29 is 22.7 Å². The highest BCUT2D eigenvalue weighted by Gasteiger charge is 2.35. The maximum absolute atomic E-state index is 13.2. The first kappa shape index (κ1) is 26.5. The highest BCUT2D eigenvalue weighted by atomic mass is 19.4. The van der Waals surface area contributed by atoms with E-state index in [0.717, 1.165) is 37.0 Å². The number of alkyl halides is 3. The zero-order valence-electron chi connectivity index (χ0n) is 20.4. The molecular weight excluding hydrogens is 455 g/mol. The molecule has 2 atom stereocenters. The van der Waals surface area contributed by atoms with Crippen LogP contribution in [-0.2, 0) is 11.0 Å². The van der Waals surface area contributed by atoms with E-state index in [2.05, 4.69) is 16.4 Å². The number of halogens is 3. The number of nitrogens with zero attached hydrogens (tertiary/aromatic N) is 2. The third-order valence-corrected chi connectivity index (χ3v) is 6.73. The number of pyridine rings is 1. The van der Waals surface area contributed by atoms with Crippen molar-refractivity contribution >= 4 is 5.91 Å². The lowest BCUT2D eigenvalue weighted by atomic mass is 9.77. The fourth-order valence-electron chi connectivity index (χ4n) is 4.70. The highest BCUT2D eigenvalue weighted by Crippen LogP contribution is 2.36. The van der Waals surface area contributed by atoms with E-state index in [1.165, 1.54) is 19.3 Å². The molecule has 3 rings (SSSR count). The molecule has 0 saturated heterocycles. The van der Waals surface area contributed by atoms with Crippen LogP contribution in [0.5, 0.6) is 5.88 Å². The van der Waals surface area contributed by atoms with Gasteiger partial charge in [0.2, 0.25) is 5.88 Å². The minimum Gasteiger partial charge on any atom is -0.462 e. The predicted octanol–water partition coefficient (Wildman–Crippen LogP) is 6.39. The number of nitrogens with one attached hydrogen (secondary N) is 1. The van der Waals surface area contributed by atoms with Crippen LogP contribution in [0.3, 0.4) is 0 Å². The SMILES string of the molecule is CC(NC(=O)C(C)(C)Oc1ccc(C(F)(F)F)cn1)C(CC1CCCCC1)c1ccccc1C#N. The molecule has 0 aliphatic heterocycles. The molecule has 1 aromatic carbocycles. The van der Waals surface area contributed by atoms with Crippen molar-refractivity contribution in [3.63, 3.8) is 0 Å². The Morgan fingerprint density at radius 1 is 1.17 bits per heavy atom. The van der Waals surface area contributed by atoms with E-state index in [-0.39, 0.29) is 17.8 Å². The lowest BCUT2D eigenvalue weighted by Crippen LogP contribution is -2.51. The van der Waals surface area contributed by atoms with Crippen molar-refractivity contribution in [2.75, 3.05) is 0 Å². The molecule has 1 N–H and O–H groups in total. The fraction of sp³-hybridized carbons (Fsp3) is 0.519. The summed E-state index contributed by atoms with van der Waals surface area (Å²) in [5.74, 6) is -0.00693. The molecule has 5 nitrogen and oxygen atoms in total. The minimum absolute atomic E-state index is 0.0575. The average Bonchev–Trinajstić information content (AvgIpc) is 2.82. The number of rotatable bonds is 8. The molecule has 35 heavy (non-hydrogen) atoms. The second-order valence-electron chi connectivity index (χ2n) is 9.80. The smallest absolute Gasteiger partial charge is 0.417 e. The van der Waals surface area contributed by atoms with Crippen molar-refractivity contribution in [2.24, 2.45) is 5.92 Å². The zero-order chi connectivity index (χ0) is 25.6. The van der Waals surface area contributed by atoms with Crippen LogP contribution >= 0.6 is 0 Å². The molecule has 1 aliphatic rings. The number of nitriles is 1. The van der Waals surface area contributed by atoms with Crippen molar-refractivity contribution in [1.82, 2.24) is 10.3 Å². The number of carbonyl (C=O) groups excluding carboxylic acids is 1. The van der Waals surface area contributed by atoms with Gasteiger partial charge in [0, 0.05) is 24.2 Å². The van der Waals surface area contributed by atoms with Gasteiger partial charge in [0.15, 0.2) is 5.60 Å². The Hall–Kier alpha value is -3.08. The molecule has 1 aromatic heterocycles. The van der Waals surface area contributed by atoms with Crippen molar-refractivity contribution in [1.29, 1.82) is 5.26 Å². The average molecular weight is 488 g/mol. The van der Waals surface area contributed by atoms with E-state index in [1.807, 2.05) is 25.1 Å². The molecule has 1 amide bonds. The van der Waals surface area contributed by atoms with E-state index in [4.69, 9.17) is 4.74 Å². The third-order valence-electron chi connectivity index (χ3n) is 6.73. The number of hydrogen-bond acceptors (Lipinski definition) is 4. The molecule has 1 heterocycles. The molecule has 188 valence electrons. The Morgan fingerprint density at radius 3 is 2.46 bits per heavy atom. The van der Waals surface area contributed by atoms with Gasteiger partial charge in [-0.2, -0.15) is 18.4 Å². The van der Waals surface area contributed by atoms with Crippen LogP contribution in [0, 0.1) is 17.2 Å². The highest BCUT2D eigenvalue weighted by molar-refractivity contribution is 5.85. The van der Waals surface area contributed by atoms with Crippen molar-refractivity contribution in [2.45, 2.75) is 83.0 Å². The lowest BCUT2D eigenvalue weighted by molar-refractivity contribution is -0.138. The molecule has 1 fully saturated rings. The van der Waals surface area contributed by atoms with Gasteiger partial charge in [-0.1, -0.05) is 50.3 Å². The van der Waals surface area contributed by atoms with Crippen LogP contribution in [0.1, 0.15) is 81.9 Å². The second-order valence-corrected chi connectivity index (χ2v) is 9.80. The quantitative estimate of drug-likeness (QED) is 0.468. The van der Waals surface area contributed by atoms with Crippen molar-refractivity contribution in [3.8, 4) is 11.9 Å². The molecule has 0 bridgehead atoms. The number of benzene rings is 1. The van der Waals surface area contributed by atoms with Gasteiger partial charge in [-0.05, 0) is 50.8 Å². The van der Waals surface area contributed by atoms with Crippen LogP contribution in [0.25, 0.3) is 0 Å². The van der Waals surface area contributed by atoms with Gasteiger partial charge in [0.25, 0.3) is 5.91 Å². The molecule has 2 aromatic rings. The molecular formula is C27H32F3N3O2. The third kappa shape index (κ3) is 6.97. The van der Waals surface area contributed by atoms with Gasteiger partial charge >= 0.3 is 6.18 Å². The Labute approximate surface area is 204 Å². The zero-order valence-corrected chi connectivity index (χ0v) is 20.4. The Bertz CT molecular complexity index is 1040. The first-order valence-electron chi connectivity index (χ1n) is 12.0. The summed E-state index contributed by atoms with van der Waals surface area (Å²) in [7, 11) is 0. The van der Waals surface area contributed by atoms with E-state index >= 15 is 0 Å². The van der Waals surface area contributed by atoms with E-state index in [1.54, 1.807) is 19.9 Å². The summed E-state index contributed by atoms with van der Waals surface area (Å²) in [5.41, 5.74) is -0.747. The van der Waals surface area contributed by atoms with Crippen LogP contribution < -0.4 is 10.1 Å². The summed E-state index contributed by atoms with van der Waals surface area (Å²) < 4.78 is 44.1. The normalized spacial score (nSPS) is 16.7. The number of ether oxygens (including phenoxy) is 1. The second kappa shape index (κ2) is 11.1. The summed E-state index contributed by atoms with van der Waals surface area (Å²) in [4.78, 5) is 16.9. The standard InChI is InChI=1S/C27H32F3N3O2/c1-18(23(15-19-9-5-4-6-10-19)22-12-8-7-11-20(22)16-31)33-25(34)26(2,3)35-24-14-13-21(17-32-24)27(28,29)30/h7-8,11-14,17-19,23H,4-6,9-10,15H2,1-3H3,(H,33,34). The van der Waals surface area contributed by atoms with Gasteiger partial charge in [-0.15, -0.1) is 0 Å². The summed E-state index contributed by atoms with van der Waals surface area (Å²) in [6.45, 7) is 5.02. The minimum atomic E-state index is -4.50. The Balaban J connectivity index is 1.75. The maximum Gasteiger partial charge on any atom is 0.417 e. The lowest BCUT2D eigenvalue weighted by Gasteiger charge is -2.33. The fourth-order valence-corrected chi connectivity index (χ4v) is 4.70. The van der Waals surface area contributed by atoms with E-state index < -0.39 is 23.2 Å². The topological polar surface area (TPSA) is 75.0 Å². The van der Waals surface area contributed by atoms with Crippen molar-refractivity contribution in [3.05, 3.63) is 59.3 Å². The van der Waals surface area contributed by atoms with Crippen LogP contribution in [0.2, 0.25) is 0 Å². The largest absolute Gasteiger partial charge is 0.462 e. The Morgan fingerprint density at radius 2 is 1.86 bits per heavy atom. The van der Waals surface area contributed by atoms with Gasteiger partial charge in [0.1, 0.15) is 0 Å². The summed E-state index contributed by atoms with van der Waals surface area (Å²) in [6, 6.07) is 11.4. The van der Waals surface area contributed by atoms with Crippen LogP contribution in [0.15, 0.2) is 42.6 Å². The maximum atomic E-state index is 13.2. The van der Waals surface area contributed by atoms with E-state index in [0.29, 0.717) is 17.7 Å². The Kier molecular flexibility index (Phi) is 8.42. The molecule has 0 radical (unpaired) electrons. The number of aromatic nitrogens is 1. The first-order chi connectivity index (χ1) is 16.5. The molecule has 0 spiro atoms. The van der Waals surface area contributed by atoms with Gasteiger partial charge < -0.3 is 10.1 Å². The van der Waals surface area contributed by atoms with E-state index in [9.17, 15) is 23.2 Å². The van der Waals surface area contributed by atoms with Crippen LogP contribution in [0.4, 0.5) is 13.2 Å². The summed E-state index contributed by atoms with van der Waals surface area (Å²) >= 11 is 0. The number of carbonyl (C=O) groups is 1. The molecule has 1 aliphatic carbocycles. The van der Waals surface area contributed by atoms with Gasteiger partial charge in [0.05, 0.1) is 17.2 Å². The summed E-state index contributed by atoms with van der Waals surface area (Å²) in [5, 5.41) is 12.7. The predicted molar refractivity (Wildman–Crippen MR) is 127 cm³/mol. The van der Waals surface area contributed by atoms with Gasteiger partial charge in [-0.3, -0.25) is 4.79 Å². The summed E-state index contributed by atoms with van der Waals surface area (Å²) in [6.07, 6.45) is 2.96. The molecule has 8 heteroatoms. The molecule has 1 saturated carbocycles.